The highest BCUT2D eigenvalue weighted by atomic mass is 16.5. The van der Waals surface area contributed by atoms with Crippen molar-refractivity contribution < 1.29 is 14.6 Å². The highest BCUT2D eigenvalue weighted by Gasteiger charge is 2.20. The molecule has 0 spiro atoms. The number of rotatable bonds is 4. The highest BCUT2D eigenvalue weighted by Crippen LogP contribution is 2.14. The first-order valence-electron chi connectivity index (χ1n) is 4.04. The molecule has 0 bridgehead atoms. The number of nitrogens with zero attached hydrogens (tertiary/aromatic N) is 1. The summed E-state index contributed by atoms with van der Waals surface area (Å²) in [5.74, 6) is -1.05. The smallest absolute Gasteiger partial charge is 0.339 e. The number of hydrogen-bond acceptors (Lipinski definition) is 3. The van der Waals surface area contributed by atoms with Crippen molar-refractivity contribution in [3.05, 3.63) is 36.2 Å². The molecule has 14 heavy (non-hydrogen) atoms. The maximum Gasteiger partial charge on any atom is 0.339 e. The van der Waals surface area contributed by atoms with Crippen molar-refractivity contribution in [2.75, 3.05) is 7.11 Å². The van der Waals surface area contributed by atoms with E-state index in [-0.39, 0.29) is 0 Å². The van der Waals surface area contributed by atoms with Crippen LogP contribution in [0.15, 0.2) is 24.8 Å². The normalized spacial score (nSPS) is 12.1. The van der Waals surface area contributed by atoms with Gasteiger partial charge in [0.25, 0.3) is 0 Å². The molecule has 1 rings (SSSR count). The van der Waals surface area contributed by atoms with E-state index >= 15 is 0 Å². The van der Waals surface area contributed by atoms with Crippen molar-refractivity contribution in [1.29, 1.82) is 0 Å². The zero-order valence-corrected chi connectivity index (χ0v) is 7.80. The molecule has 4 nitrogen and oxygen atoms in total. The van der Waals surface area contributed by atoms with Crippen molar-refractivity contribution in [3.8, 4) is 0 Å². The summed E-state index contributed by atoms with van der Waals surface area (Å²) >= 11 is 0. The second-order valence-electron chi connectivity index (χ2n) is 2.65. The molecule has 0 fully saturated rings. The molecule has 0 saturated heterocycles. The van der Waals surface area contributed by atoms with Crippen LogP contribution >= 0.6 is 0 Å². The van der Waals surface area contributed by atoms with Crippen LogP contribution in [0.5, 0.6) is 0 Å². The van der Waals surface area contributed by atoms with Crippen LogP contribution in [0, 0.1) is 0 Å². The van der Waals surface area contributed by atoms with Gasteiger partial charge in [-0.3, -0.25) is 4.98 Å². The largest absolute Gasteiger partial charge is 0.479 e. The number of hydrogen-bond donors (Lipinski definition) is 1. The van der Waals surface area contributed by atoms with E-state index in [9.17, 15) is 4.79 Å². The molecule has 0 amide bonds. The molecular formula is C10H11NO3. The van der Waals surface area contributed by atoms with Crippen LogP contribution in [0.2, 0.25) is 0 Å². The van der Waals surface area contributed by atoms with E-state index in [0.717, 1.165) is 0 Å². The first kappa shape index (κ1) is 10.4. The van der Waals surface area contributed by atoms with E-state index in [1.165, 1.54) is 7.11 Å². The lowest BCUT2D eigenvalue weighted by Gasteiger charge is -2.09. The number of aromatic nitrogens is 1. The first-order chi connectivity index (χ1) is 6.69. The summed E-state index contributed by atoms with van der Waals surface area (Å²) in [7, 11) is 1.33. The van der Waals surface area contributed by atoms with Gasteiger partial charge in [0, 0.05) is 7.11 Å². The molecule has 0 aliphatic carbocycles. The second kappa shape index (κ2) is 4.53. The number of ether oxygens (including phenoxy) is 1. The summed E-state index contributed by atoms with van der Waals surface area (Å²) < 4.78 is 4.80. The Morgan fingerprint density at radius 2 is 2.43 bits per heavy atom. The van der Waals surface area contributed by atoms with Gasteiger partial charge in [-0.25, -0.2) is 4.79 Å². The predicted molar refractivity (Wildman–Crippen MR) is 51.7 cm³/mol. The summed E-state index contributed by atoms with van der Waals surface area (Å²) in [5, 5.41) is 8.80. The summed E-state index contributed by atoms with van der Waals surface area (Å²) in [6.07, 6.45) is 0.535. The topological polar surface area (TPSA) is 59.4 Å². The predicted octanol–water partition coefficient (Wildman–Crippen LogP) is 1.50. The minimum absolute atomic E-state index is 0.373. The van der Waals surface area contributed by atoms with Crippen molar-refractivity contribution in [1.82, 2.24) is 4.98 Å². The number of carboxylic acid groups (broad SMARTS) is 1. The third kappa shape index (κ3) is 2.17. The molecule has 0 aliphatic rings. The highest BCUT2D eigenvalue weighted by molar-refractivity contribution is 5.73. The Morgan fingerprint density at radius 1 is 1.71 bits per heavy atom. The molecule has 1 atom stereocenters. The molecule has 1 aromatic rings. The fourth-order valence-corrected chi connectivity index (χ4v) is 1.08. The monoisotopic (exact) mass is 193 g/mol. The molecule has 1 aromatic heterocycles. The second-order valence-corrected chi connectivity index (χ2v) is 2.65. The van der Waals surface area contributed by atoms with Crippen molar-refractivity contribution in [3.63, 3.8) is 0 Å². The summed E-state index contributed by atoms with van der Waals surface area (Å²) in [5.41, 5.74) is 1.00. The average Bonchev–Trinajstić information content (AvgIpc) is 2.19. The zero-order chi connectivity index (χ0) is 10.6. The van der Waals surface area contributed by atoms with Gasteiger partial charge >= 0.3 is 5.97 Å². The van der Waals surface area contributed by atoms with Crippen LogP contribution in [0.4, 0.5) is 0 Å². The number of pyridine rings is 1. The van der Waals surface area contributed by atoms with Crippen molar-refractivity contribution >= 4 is 12.0 Å². The Morgan fingerprint density at radius 3 is 2.93 bits per heavy atom. The fraction of sp³-hybridized carbons (Fsp3) is 0.200. The zero-order valence-electron chi connectivity index (χ0n) is 7.80. The van der Waals surface area contributed by atoms with Crippen LogP contribution in [0.3, 0.4) is 0 Å². The molecular weight excluding hydrogens is 182 g/mol. The molecule has 0 aliphatic heterocycles. The summed E-state index contributed by atoms with van der Waals surface area (Å²) in [6, 6.07) is 5.06. The third-order valence-electron chi connectivity index (χ3n) is 1.73. The lowest BCUT2D eigenvalue weighted by atomic mass is 10.2. The maximum atomic E-state index is 10.7. The van der Waals surface area contributed by atoms with Gasteiger partial charge in [0.05, 0.1) is 11.4 Å². The Bertz CT molecular complexity index is 349. The fourth-order valence-electron chi connectivity index (χ4n) is 1.08. The van der Waals surface area contributed by atoms with Gasteiger partial charge in [0.15, 0.2) is 6.10 Å². The molecule has 1 heterocycles. The summed E-state index contributed by atoms with van der Waals surface area (Å²) in [6.45, 7) is 3.55. The molecule has 4 heteroatoms. The van der Waals surface area contributed by atoms with Crippen LogP contribution in [0.25, 0.3) is 6.08 Å². The SMILES string of the molecule is C=Cc1cccc(C(OC)C(=O)O)n1. The van der Waals surface area contributed by atoms with Crippen LogP contribution in [0.1, 0.15) is 17.5 Å². The van der Waals surface area contributed by atoms with Crippen molar-refractivity contribution in [2.45, 2.75) is 6.10 Å². The molecule has 1 unspecified atom stereocenters. The van der Waals surface area contributed by atoms with E-state index in [2.05, 4.69) is 11.6 Å². The first-order valence-corrected chi connectivity index (χ1v) is 4.04. The number of carboxylic acids is 1. The molecule has 0 saturated carbocycles. The van der Waals surface area contributed by atoms with Crippen LogP contribution < -0.4 is 0 Å². The third-order valence-corrected chi connectivity index (χ3v) is 1.73. The Labute approximate surface area is 81.9 Å². The molecule has 74 valence electrons. The van der Waals surface area contributed by atoms with E-state index in [4.69, 9.17) is 9.84 Å². The van der Waals surface area contributed by atoms with Gasteiger partial charge in [-0.15, -0.1) is 0 Å². The standard InChI is InChI=1S/C10H11NO3/c1-3-7-5-4-6-8(11-7)9(14-2)10(12)13/h3-6,9H,1H2,2H3,(H,12,13). The van der Waals surface area contributed by atoms with Gasteiger partial charge < -0.3 is 9.84 Å². The minimum atomic E-state index is -1.05. The molecule has 0 radical (unpaired) electrons. The summed E-state index contributed by atoms with van der Waals surface area (Å²) in [4.78, 5) is 14.8. The van der Waals surface area contributed by atoms with Gasteiger partial charge in [-0.1, -0.05) is 12.6 Å². The Balaban J connectivity index is 3.03. The van der Waals surface area contributed by atoms with E-state index in [0.29, 0.717) is 11.4 Å². The number of aliphatic carboxylic acids is 1. The van der Waals surface area contributed by atoms with Crippen molar-refractivity contribution in [2.24, 2.45) is 0 Å². The quantitative estimate of drug-likeness (QED) is 0.787. The van der Waals surface area contributed by atoms with Gasteiger partial charge in [0.1, 0.15) is 0 Å². The van der Waals surface area contributed by atoms with E-state index in [1.54, 1.807) is 24.3 Å². The van der Waals surface area contributed by atoms with Crippen LogP contribution in [-0.4, -0.2) is 23.2 Å². The number of methoxy groups -OCH3 is 1. The van der Waals surface area contributed by atoms with E-state index in [1.807, 2.05) is 0 Å². The molecule has 0 aromatic carbocycles. The lowest BCUT2D eigenvalue weighted by molar-refractivity contribution is -0.149. The van der Waals surface area contributed by atoms with Gasteiger partial charge in [-0.2, -0.15) is 0 Å². The molecule has 1 N–H and O–H groups in total. The van der Waals surface area contributed by atoms with Crippen LogP contribution in [-0.2, 0) is 9.53 Å². The number of carbonyl (C=O) groups is 1. The average molecular weight is 193 g/mol. The van der Waals surface area contributed by atoms with Gasteiger partial charge in [-0.05, 0) is 18.2 Å². The maximum absolute atomic E-state index is 10.7. The van der Waals surface area contributed by atoms with Gasteiger partial charge in [0.2, 0.25) is 0 Å². The Kier molecular flexibility index (Phi) is 3.36. The lowest BCUT2D eigenvalue weighted by Crippen LogP contribution is -2.15. The minimum Gasteiger partial charge on any atom is -0.479 e. The Hall–Kier alpha value is -1.68. The van der Waals surface area contributed by atoms with E-state index < -0.39 is 12.1 Å².